The molecule has 4 N–H and O–H groups in total. The van der Waals surface area contributed by atoms with E-state index in [4.69, 9.17) is 15.9 Å². The van der Waals surface area contributed by atoms with Crippen molar-refractivity contribution in [2.24, 2.45) is 5.73 Å². The van der Waals surface area contributed by atoms with E-state index in [2.05, 4.69) is 5.32 Å². The summed E-state index contributed by atoms with van der Waals surface area (Å²) in [7, 11) is -3.77. The van der Waals surface area contributed by atoms with Gasteiger partial charge >= 0.3 is 0 Å². The molecule has 0 aromatic heterocycles. The minimum Gasteiger partial charge on any atom is -0.489 e. The van der Waals surface area contributed by atoms with E-state index in [0.717, 1.165) is 12.3 Å². The van der Waals surface area contributed by atoms with E-state index in [1.54, 1.807) is 0 Å². The summed E-state index contributed by atoms with van der Waals surface area (Å²) in [6, 6.07) is 2.40. The van der Waals surface area contributed by atoms with Gasteiger partial charge in [0.2, 0.25) is 0 Å². The number of nitrogens with one attached hydrogen (secondary N) is 2. The Hall–Kier alpha value is -2.23. The molecule has 0 spiro atoms. The number of nitrogens with two attached hydrogens (primary N) is 1. The van der Waals surface area contributed by atoms with E-state index in [1.165, 1.54) is 13.0 Å². The summed E-state index contributed by atoms with van der Waals surface area (Å²) in [5.41, 5.74) is 5.45. The molecule has 1 saturated carbocycles. The lowest BCUT2D eigenvalue weighted by atomic mass is 9.91. The lowest BCUT2D eigenvalue weighted by Crippen LogP contribution is -2.43. The molecule has 1 aliphatic carbocycles. The first-order chi connectivity index (χ1) is 10.9. The molecule has 0 heterocycles. The quantitative estimate of drug-likeness (QED) is 0.549. The van der Waals surface area contributed by atoms with Gasteiger partial charge < -0.3 is 10.5 Å². The fourth-order valence-corrected chi connectivity index (χ4v) is 3.15. The number of alkyl halides is 2. The van der Waals surface area contributed by atoms with Crippen LogP contribution in [0, 0.1) is 12.3 Å². The first-order valence-electron chi connectivity index (χ1n) is 6.93. The third kappa shape index (κ3) is 3.99. The molecular weight excluding hydrogens is 344 g/mol. The molecule has 0 radical (unpaired) electrons. The molecule has 1 fully saturated rings. The van der Waals surface area contributed by atoms with Gasteiger partial charge in [0.15, 0.2) is 15.8 Å². The molecule has 0 atom stereocenters. The summed E-state index contributed by atoms with van der Waals surface area (Å²) in [4.78, 5) is 11.7. The SMILES string of the molecule is Cc1cc(OC2CC(F)(F)C2)c(S(C)(=O)=O)cc1C(=O)NC(=N)N. The fourth-order valence-electron chi connectivity index (χ4n) is 2.35. The van der Waals surface area contributed by atoms with Crippen LogP contribution in [0.1, 0.15) is 28.8 Å². The van der Waals surface area contributed by atoms with Gasteiger partial charge in [0.25, 0.3) is 11.8 Å². The Morgan fingerprint density at radius 1 is 1.42 bits per heavy atom. The highest BCUT2D eigenvalue weighted by Gasteiger charge is 2.47. The molecule has 0 bridgehead atoms. The van der Waals surface area contributed by atoms with Gasteiger partial charge in [-0.25, -0.2) is 17.2 Å². The molecule has 7 nitrogen and oxygen atoms in total. The summed E-state index contributed by atoms with van der Waals surface area (Å²) in [5.74, 6) is -4.20. The molecule has 24 heavy (non-hydrogen) atoms. The topological polar surface area (TPSA) is 122 Å². The van der Waals surface area contributed by atoms with Gasteiger partial charge in [-0.1, -0.05) is 0 Å². The number of aryl methyl sites for hydroxylation is 1. The largest absolute Gasteiger partial charge is 0.489 e. The van der Waals surface area contributed by atoms with Crippen molar-refractivity contribution in [1.82, 2.24) is 5.32 Å². The Bertz CT molecular complexity index is 800. The van der Waals surface area contributed by atoms with Crippen LogP contribution in [-0.2, 0) is 9.84 Å². The third-order valence-electron chi connectivity index (χ3n) is 3.53. The molecule has 1 aromatic rings. The molecule has 0 aliphatic heterocycles. The molecule has 10 heteroatoms. The van der Waals surface area contributed by atoms with Crippen molar-refractivity contribution < 1.29 is 26.7 Å². The van der Waals surface area contributed by atoms with Crippen LogP contribution in [0.5, 0.6) is 5.75 Å². The van der Waals surface area contributed by atoms with Gasteiger partial charge in [-0.2, -0.15) is 0 Å². The number of ether oxygens (including phenoxy) is 1. The lowest BCUT2D eigenvalue weighted by molar-refractivity contribution is -0.135. The first-order valence-corrected chi connectivity index (χ1v) is 8.83. The van der Waals surface area contributed by atoms with Crippen LogP contribution < -0.4 is 15.8 Å². The fraction of sp³-hybridized carbons (Fsp3) is 0.429. The molecule has 1 aromatic carbocycles. The van der Waals surface area contributed by atoms with E-state index in [1.807, 2.05) is 0 Å². The summed E-state index contributed by atoms with van der Waals surface area (Å²) >= 11 is 0. The van der Waals surface area contributed by atoms with E-state index in [9.17, 15) is 22.0 Å². The second kappa shape index (κ2) is 6.00. The van der Waals surface area contributed by atoms with Crippen LogP contribution in [-0.4, -0.2) is 38.6 Å². The highest BCUT2D eigenvalue weighted by Crippen LogP contribution is 2.41. The van der Waals surface area contributed by atoms with Crippen LogP contribution in [0.3, 0.4) is 0 Å². The van der Waals surface area contributed by atoms with E-state index >= 15 is 0 Å². The number of amides is 1. The number of guanidine groups is 1. The number of hydrogen-bond acceptors (Lipinski definition) is 5. The summed E-state index contributed by atoms with van der Waals surface area (Å²) in [6.45, 7) is 1.53. The molecular formula is C14H17F2N3O4S. The number of rotatable bonds is 4. The minimum atomic E-state index is -3.77. The van der Waals surface area contributed by atoms with Crippen molar-refractivity contribution in [3.8, 4) is 5.75 Å². The second-order valence-corrected chi connectivity index (χ2v) is 7.74. The van der Waals surface area contributed by atoms with Crippen molar-refractivity contribution in [2.45, 2.75) is 36.7 Å². The van der Waals surface area contributed by atoms with Crippen LogP contribution in [0.4, 0.5) is 8.78 Å². The Morgan fingerprint density at radius 3 is 2.46 bits per heavy atom. The third-order valence-corrected chi connectivity index (χ3v) is 4.65. The number of carbonyl (C=O) groups excluding carboxylic acids is 1. The maximum absolute atomic E-state index is 12.9. The molecule has 2 rings (SSSR count). The molecule has 0 saturated heterocycles. The Kier molecular flexibility index (Phi) is 4.53. The van der Waals surface area contributed by atoms with Crippen LogP contribution in [0.2, 0.25) is 0 Å². The van der Waals surface area contributed by atoms with Crippen molar-refractivity contribution >= 4 is 21.7 Å². The van der Waals surface area contributed by atoms with Gasteiger partial charge in [-0.05, 0) is 24.6 Å². The summed E-state index contributed by atoms with van der Waals surface area (Å²) < 4.78 is 55.1. The van der Waals surface area contributed by atoms with Crippen molar-refractivity contribution in [1.29, 1.82) is 5.41 Å². The Labute approximate surface area is 137 Å². The van der Waals surface area contributed by atoms with E-state index in [-0.39, 0.29) is 16.2 Å². The molecule has 1 amide bonds. The predicted octanol–water partition coefficient (Wildman–Crippen LogP) is 1.20. The standard InChI is InChI=1S/C14H17F2N3O4S/c1-7-3-10(23-8-5-14(15,16)6-8)11(24(2,21)22)4-9(7)12(20)19-13(17)18/h3-4,8H,5-6H2,1-2H3,(H4,17,18,19,20). The zero-order chi connectivity index (χ0) is 18.3. The van der Waals surface area contributed by atoms with Gasteiger partial charge in [0.1, 0.15) is 16.7 Å². The molecule has 132 valence electrons. The van der Waals surface area contributed by atoms with Crippen molar-refractivity contribution in [3.05, 3.63) is 23.3 Å². The van der Waals surface area contributed by atoms with Crippen molar-refractivity contribution in [3.63, 3.8) is 0 Å². The monoisotopic (exact) mass is 361 g/mol. The smallest absolute Gasteiger partial charge is 0.258 e. The van der Waals surface area contributed by atoms with Gasteiger partial charge in [0.05, 0.1) is 0 Å². The van der Waals surface area contributed by atoms with Gasteiger partial charge in [-0.3, -0.25) is 15.5 Å². The average molecular weight is 361 g/mol. The van der Waals surface area contributed by atoms with Crippen LogP contribution >= 0.6 is 0 Å². The zero-order valence-corrected chi connectivity index (χ0v) is 13.8. The Morgan fingerprint density at radius 2 is 2.00 bits per heavy atom. The molecule has 1 aliphatic rings. The molecule has 0 unspecified atom stereocenters. The normalized spacial score (nSPS) is 17.0. The number of halogens is 2. The second-order valence-electron chi connectivity index (χ2n) is 5.76. The van der Waals surface area contributed by atoms with E-state index in [0.29, 0.717) is 5.56 Å². The predicted molar refractivity (Wildman–Crippen MR) is 82.3 cm³/mol. The van der Waals surface area contributed by atoms with Gasteiger partial charge in [0, 0.05) is 24.7 Å². The number of hydrogen-bond donors (Lipinski definition) is 3. The Balaban J connectivity index is 2.39. The number of carbonyl (C=O) groups is 1. The lowest BCUT2D eigenvalue weighted by Gasteiger charge is -2.35. The van der Waals surface area contributed by atoms with E-state index < -0.39 is 46.6 Å². The first kappa shape index (κ1) is 18.1. The van der Waals surface area contributed by atoms with Gasteiger partial charge in [-0.15, -0.1) is 0 Å². The maximum Gasteiger partial charge on any atom is 0.258 e. The average Bonchev–Trinajstić information content (AvgIpc) is 2.33. The number of benzene rings is 1. The zero-order valence-electron chi connectivity index (χ0n) is 13.0. The van der Waals surface area contributed by atoms with Crippen molar-refractivity contribution in [2.75, 3.05) is 6.26 Å². The number of sulfone groups is 1. The van der Waals surface area contributed by atoms with Crippen LogP contribution in [0.15, 0.2) is 17.0 Å². The minimum absolute atomic E-state index is 0.00286. The summed E-state index contributed by atoms with van der Waals surface area (Å²) in [6.07, 6.45) is -0.826. The summed E-state index contributed by atoms with van der Waals surface area (Å²) in [5, 5.41) is 9.12. The highest BCUT2D eigenvalue weighted by molar-refractivity contribution is 7.90. The highest BCUT2D eigenvalue weighted by atomic mass is 32.2. The van der Waals surface area contributed by atoms with Crippen LogP contribution in [0.25, 0.3) is 0 Å². The maximum atomic E-state index is 12.9.